The van der Waals surface area contributed by atoms with Crippen LogP contribution in [0.1, 0.15) is 49.7 Å². The van der Waals surface area contributed by atoms with E-state index in [1.165, 1.54) is 17.7 Å². The Morgan fingerprint density at radius 3 is 2.26 bits per heavy atom. The third-order valence-electron chi connectivity index (χ3n) is 11.1. The maximum Gasteiger partial charge on any atom is 0.407 e. The third kappa shape index (κ3) is 7.59. The number of likely N-dealkylation sites (tertiary alicyclic amines) is 3. The molecule has 4 N–H and O–H groups in total. The van der Waals surface area contributed by atoms with Crippen LogP contribution >= 0.6 is 31.9 Å². The van der Waals surface area contributed by atoms with Gasteiger partial charge in [0, 0.05) is 52.9 Å². The van der Waals surface area contributed by atoms with Gasteiger partial charge in [0.2, 0.25) is 5.91 Å². The number of carbonyl (C=O) groups excluding carboxylic acids is 2. The standard InChI is InChI=1S/C35H46Br2N6O4/c1-40-12-6-23(7-13-40)24-8-14-41(15-9-24)33(44)27(18-22-19-28(36)32(38)29(37)20-22)31-21-26(11-17-43(31)35(46)47)42-16-10-25-4-2-3-5-30(25)39-34(42)45/h2-5,19-20,23-24,26-27,31H,6-18,21,38H2,1H3,(H,39,45)(H,46,47)/t26?,27?,31-/m1/s1. The molecule has 3 saturated heterocycles. The molecule has 2 unspecified atom stereocenters. The van der Waals surface area contributed by atoms with Crippen LogP contribution in [-0.4, -0.2) is 101 Å². The monoisotopic (exact) mass is 772 g/mol. The molecule has 12 heteroatoms. The molecule has 0 spiro atoms. The van der Waals surface area contributed by atoms with Gasteiger partial charge >= 0.3 is 12.1 Å². The van der Waals surface area contributed by atoms with Crippen LogP contribution in [0.5, 0.6) is 0 Å². The Balaban J connectivity index is 1.25. The number of hydrogen-bond donors (Lipinski definition) is 3. The molecule has 47 heavy (non-hydrogen) atoms. The number of para-hydroxylation sites is 1. The highest BCUT2D eigenvalue weighted by molar-refractivity contribution is 9.11. The van der Waals surface area contributed by atoms with E-state index >= 15 is 0 Å². The highest BCUT2D eigenvalue weighted by atomic mass is 79.9. The zero-order valence-electron chi connectivity index (χ0n) is 27.0. The first kappa shape index (κ1) is 34.0. The Kier molecular flexibility index (Phi) is 10.7. The molecule has 0 saturated carbocycles. The SMILES string of the molecule is CN1CCC(C2CCN(C(=O)C(Cc3cc(Br)c(N)c(Br)c3)[C@H]3CC(N4CCc5ccccc5NC4=O)CCN3C(=O)O)CC2)CC1. The number of anilines is 2. The molecule has 6 rings (SSSR count). The van der Waals surface area contributed by atoms with Crippen molar-refractivity contribution in [1.29, 1.82) is 0 Å². The van der Waals surface area contributed by atoms with Crippen LogP contribution in [0, 0.1) is 17.8 Å². The van der Waals surface area contributed by atoms with Gasteiger partial charge in [0.25, 0.3) is 0 Å². The number of amides is 4. The van der Waals surface area contributed by atoms with Gasteiger partial charge in [-0.1, -0.05) is 18.2 Å². The fourth-order valence-corrected chi connectivity index (χ4v) is 9.62. The molecule has 0 aliphatic carbocycles. The van der Waals surface area contributed by atoms with E-state index in [0.29, 0.717) is 62.8 Å². The number of carboxylic acid groups (broad SMARTS) is 1. The van der Waals surface area contributed by atoms with Gasteiger partial charge in [0.15, 0.2) is 0 Å². The van der Waals surface area contributed by atoms with Crippen molar-refractivity contribution in [2.75, 3.05) is 57.4 Å². The second kappa shape index (κ2) is 14.7. The fourth-order valence-electron chi connectivity index (χ4n) is 8.34. The highest BCUT2D eigenvalue weighted by Crippen LogP contribution is 2.37. The number of fused-ring (bicyclic) bond motifs is 1. The minimum absolute atomic E-state index is 0.000482. The molecule has 4 aliphatic rings. The Labute approximate surface area is 294 Å². The smallest absolute Gasteiger partial charge is 0.407 e. The van der Waals surface area contributed by atoms with Crippen LogP contribution < -0.4 is 11.1 Å². The van der Waals surface area contributed by atoms with E-state index in [2.05, 4.69) is 49.1 Å². The van der Waals surface area contributed by atoms with E-state index in [1.807, 2.05) is 46.2 Å². The molecule has 3 atom stereocenters. The Hall–Kier alpha value is -2.83. The highest BCUT2D eigenvalue weighted by Gasteiger charge is 2.44. The maximum atomic E-state index is 14.6. The van der Waals surface area contributed by atoms with E-state index in [4.69, 9.17) is 5.73 Å². The molecule has 4 amide bonds. The first-order valence-corrected chi connectivity index (χ1v) is 18.5. The average Bonchev–Trinajstić information content (AvgIpc) is 3.24. The largest absolute Gasteiger partial charge is 0.465 e. The zero-order valence-corrected chi connectivity index (χ0v) is 30.2. The van der Waals surface area contributed by atoms with Crippen LogP contribution in [0.2, 0.25) is 0 Å². The summed E-state index contributed by atoms with van der Waals surface area (Å²) in [6.45, 7) is 4.45. The molecule has 2 aromatic carbocycles. The Morgan fingerprint density at radius 2 is 1.60 bits per heavy atom. The number of halogens is 2. The van der Waals surface area contributed by atoms with E-state index in [-0.39, 0.29) is 24.5 Å². The second-order valence-electron chi connectivity index (χ2n) is 13.8. The molecule has 3 fully saturated rings. The van der Waals surface area contributed by atoms with Crippen LogP contribution in [0.25, 0.3) is 0 Å². The van der Waals surface area contributed by atoms with Gasteiger partial charge in [-0.2, -0.15) is 0 Å². The number of urea groups is 1. The van der Waals surface area contributed by atoms with Gasteiger partial charge < -0.3 is 35.8 Å². The molecule has 10 nitrogen and oxygen atoms in total. The van der Waals surface area contributed by atoms with Crippen molar-refractivity contribution >= 4 is 61.3 Å². The predicted molar refractivity (Wildman–Crippen MR) is 190 cm³/mol. The quantitative estimate of drug-likeness (QED) is 0.304. The summed E-state index contributed by atoms with van der Waals surface area (Å²) < 4.78 is 1.45. The first-order chi connectivity index (χ1) is 22.6. The van der Waals surface area contributed by atoms with Gasteiger partial charge in [-0.05, 0) is 145 Å². The molecule has 4 aliphatic heterocycles. The number of piperidine rings is 3. The molecular weight excluding hydrogens is 728 g/mol. The lowest BCUT2D eigenvalue weighted by molar-refractivity contribution is -0.140. The molecule has 2 aromatic rings. The number of nitrogens with two attached hydrogens (primary N) is 1. The number of nitrogens with zero attached hydrogens (tertiary/aromatic N) is 4. The lowest BCUT2D eigenvalue weighted by atomic mass is 9.78. The average molecular weight is 775 g/mol. The maximum absolute atomic E-state index is 14.6. The van der Waals surface area contributed by atoms with Crippen LogP contribution in [-0.2, 0) is 17.6 Å². The van der Waals surface area contributed by atoms with Gasteiger partial charge in [0.05, 0.1) is 11.6 Å². The van der Waals surface area contributed by atoms with Crippen LogP contribution in [0.4, 0.5) is 21.0 Å². The van der Waals surface area contributed by atoms with E-state index in [0.717, 1.165) is 51.7 Å². The summed E-state index contributed by atoms with van der Waals surface area (Å²) in [5, 5.41) is 13.5. The van der Waals surface area contributed by atoms with Crippen LogP contribution in [0.15, 0.2) is 45.3 Å². The van der Waals surface area contributed by atoms with E-state index in [1.54, 1.807) is 0 Å². The lowest BCUT2D eigenvalue weighted by Gasteiger charge is -2.46. The molecule has 4 heterocycles. The number of rotatable bonds is 6. The minimum atomic E-state index is -1.03. The minimum Gasteiger partial charge on any atom is -0.465 e. The summed E-state index contributed by atoms with van der Waals surface area (Å²) in [4.78, 5) is 48.6. The normalized spacial score (nSPS) is 24.0. The number of hydrogen-bond acceptors (Lipinski definition) is 5. The molecular formula is C35H46Br2N6O4. The second-order valence-corrected chi connectivity index (χ2v) is 15.5. The molecule has 0 bridgehead atoms. The number of nitrogen functional groups attached to an aromatic ring is 1. The van der Waals surface area contributed by atoms with E-state index < -0.39 is 18.1 Å². The molecule has 0 radical (unpaired) electrons. The molecule has 0 aromatic heterocycles. The number of nitrogens with one attached hydrogen (secondary N) is 1. The first-order valence-electron chi connectivity index (χ1n) is 16.9. The van der Waals surface area contributed by atoms with Crippen molar-refractivity contribution in [3.05, 3.63) is 56.5 Å². The van der Waals surface area contributed by atoms with Gasteiger partial charge in [-0.3, -0.25) is 4.79 Å². The number of carbonyl (C=O) groups is 3. The lowest BCUT2D eigenvalue weighted by Crippen LogP contribution is -2.59. The van der Waals surface area contributed by atoms with E-state index in [9.17, 15) is 19.5 Å². The summed E-state index contributed by atoms with van der Waals surface area (Å²) in [6.07, 6.45) is 5.36. The summed E-state index contributed by atoms with van der Waals surface area (Å²) in [7, 11) is 2.18. The number of benzene rings is 2. The van der Waals surface area contributed by atoms with Gasteiger partial charge in [-0.15, -0.1) is 0 Å². The fraction of sp³-hybridized carbons (Fsp3) is 0.571. The van der Waals surface area contributed by atoms with Crippen molar-refractivity contribution in [1.82, 2.24) is 19.6 Å². The predicted octanol–water partition coefficient (Wildman–Crippen LogP) is 6.13. The Bertz CT molecular complexity index is 1450. The van der Waals surface area contributed by atoms with Crippen LogP contribution in [0.3, 0.4) is 0 Å². The zero-order chi connectivity index (χ0) is 33.2. The van der Waals surface area contributed by atoms with Crippen molar-refractivity contribution in [2.45, 2.75) is 63.5 Å². The summed E-state index contributed by atoms with van der Waals surface area (Å²) in [6, 6.07) is 10.7. The third-order valence-corrected chi connectivity index (χ3v) is 12.4. The van der Waals surface area contributed by atoms with Crippen molar-refractivity contribution in [3.8, 4) is 0 Å². The van der Waals surface area contributed by atoms with Gasteiger partial charge in [0.1, 0.15) is 0 Å². The summed E-state index contributed by atoms with van der Waals surface area (Å²) >= 11 is 7.12. The van der Waals surface area contributed by atoms with Gasteiger partial charge in [-0.25, -0.2) is 9.59 Å². The van der Waals surface area contributed by atoms with Crippen molar-refractivity contribution < 1.29 is 19.5 Å². The Morgan fingerprint density at radius 1 is 0.957 bits per heavy atom. The topological polar surface area (TPSA) is 122 Å². The van der Waals surface area contributed by atoms with Crippen molar-refractivity contribution in [3.63, 3.8) is 0 Å². The van der Waals surface area contributed by atoms with Crippen molar-refractivity contribution in [2.24, 2.45) is 17.8 Å². The molecule has 254 valence electrons. The summed E-state index contributed by atoms with van der Waals surface area (Å²) in [5.74, 6) is 0.718. The summed E-state index contributed by atoms with van der Waals surface area (Å²) in [5.41, 5.74) is 9.57.